The summed E-state index contributed by atoms with van der Waals surface area (Å²) < 4.78 is 0. The summed E-state index contributed by atoms with van der Waals surface area (Å²) in [4.78, 5) is 15.3. The molecule has 5 aliphatic rings. The summed E-state index contributed by atoms with van der Waals surface area (Å²) in [6.45, 7) is 2.15. The summed E-state index contributed by atoms with van der Waals surface area (Å²) in [6, 6.07) is 8.20. The van der Waals surface area contributed by atoms with E-state index in [2.05, 4.69) is 22.3 Å². The average molecular weight is 354 g/mol. The van der Waals surface area contributed by atoms with Crippen LogP contribution in [0, 0.1) is 17.3 Å². The molecule has 1 aromatic rings. The van der Waals surface area contributed by atoms with E-state index in [0.717, 1.165) is 56.6 Å². The van der Waals surface area contributed by atoms with Crippen molar-refractivity contribution in [3.05, 3.63) is 24.3 Å². The number of hydrogen-bond acceptors (Lipinski definition) is 3. The number of carbonyl (C=O) groups is 1. The molecule has 4 heteroatoms. The van der Waals surface area contributed by atoms with Gasteiger partial charge in [0.15, 0.2) is 0 Å². The number of aliphatic hydroxyl groups is 1. The Labute approximate surface area is 156 Å². The maximum Gasteiger partial charge on any atom is 0.224 e. The molecule has 4 bridgehead atoms. The summed E-state index contributed by atoms with van der Waals surface area (Å²) in [5.74, 6) is 1.39. The third-order valence-electron chi connectivity index (χ3n) is 7.31. The summed E-state index contributed by atoms with van der Waals surface area (Å²) >= 11 is 0. The second kappa shape index (κ2) is 5.98. The number of anilines is 2. The zero-order chi connectivity index (χ0) is 17.8. The van der Waals surface area contributed by atoms with Gasteiger partial charge in [0.05, 0.1) is 17.0 Å². The fraction of sp³-hybridized carbons (Fsp3) is 0.682. The smallest absolute Gasteiger partial charge is 0.224 e. The van der Waals surface area contributed by atoms with Crippen LogP contribution >= 0.6 is 0 Å². The molecule has 0 unspecified atom stereocenters. The van der Waals surface area contributed by atoms with Gasteiger partial charge < -0.3 is 15.3 Å². The minimum absolute atomic E-state index is 0.0332. The van der Waals surface area contributed by atoms with Crippen LogP contribution in [0.2, 0.25) is 0 Å². The van der Waals surface area contributed by atoms with Crippen LogP contribution in [0.4, 0.5) is 11.4 Å². The van der Waals surface area contributed by atoms with Gasteiger partial charge in [-0.25, -0.2) is 0 Å². The van der Waals surface area contributed by atoms with Gasteiger partial charge in [-0.2, -0.15) is 0 Å². The molecule has 0 aromatic heterocycles. The van der Waals surface area contributed by atoms with E-state index in [-0.39, 0.29) is 11.3 Å². The third kappa shape index (κ3) is 2.92. The molecule has 0 radical (unpaired) electrons. The van der Waals surface area contributed by atoms with Crippen LogP contribution in [-0.2, 0) is 4.79 Å². The lowest BCUT2D eigenvalue weighted by Gasteiger charge is -2.60. The SMILES string of the molecule is O=C(CC12C[C@H]3C[C@@H](CC(O)(C3)C1)C2)Nc1ccccc1N1CCCC1. The number of hydrogen-bond donors (Lipinski definition) is 2. The molecule has 4 aliphatic carbocycles. The van der Waals surface area contributed by atoms with Crippen molar-refractivity contribution < 1.29 is 9.90 Å². The molecule has 2 N–H and O–H groups in total. The number of benzene rings is 1. The molecule has 1 amide bonds. The monoisotopic (exact) mass is 354 g/mol. The standard InChI is InChI=1S/C22H30N2O2/c25-20(23-18-5-1-2-6-19(18)24-7-3-4-8-24)14-21-10-16-9-17(11-21)13-22(26,12-16)15-21/h1-2,5-6,16-17,26H,3-4,7-15H2,(H,23,25)/t16-,17-,21?,22?/m1/s1. The highest BCUT2D eigenvalue weighted by Gasteiger charge is 2.57. The highest BCUT2D eigenvalue weighted by molar-refractivity contribution is 5.94. The normalized spacial score (nSPS) is 38.0. The molecule has 6 rings (SSSR count). The average Bonchev–Trinajstić information content (AvgIpc) is 3.06. The molecule has 140 valence electrons. The Hall–Kier alpha value is -1.55. The van der Waals surface area contributed by atoms with Crippen LogP contribution in [0.1, 0.15) is 57.8 Å². The van der Waals surface area contributed by atoms with Gasteiger partial charge >= 0.3 is 0 Å². The predicted molar refractivity (Wildman–Crippen MR) is 103 cm³/mol. The van der Waals surface area contributed by atoms with Gasteiger partial charge in [0, 0.05) is 19.5 Å². The first-order valence-corrected chi connectivity index (χ1v) is 10.4. The van der Waals surface area contributed by atoms with Crippen LogP contribution in [0.15, 0.2) is 24.3 Å². The number of rotatable bonds is 4. The molecule has 1 aromatic carbocycles. The van der Waals surface area contributed by atoms with Gasteiger partial charge in [-0.05, 0) is 80.8 Å². The first-order chi connectivity index (χ1) is 12.5. The quantitative estimate of drug-likeness (QED) is 0.861. The number of carbonyl (C=O) groups excluding carboxylic acids is 1. The molecular formula is C22H30N2O2. The van der Waals surface area contributed by atoms with Crippen molar-refractivity contribution in [1.29, 1.82) is 0 Å². The Morgan fingerprint density at radius 2 is 1.81 bits per heavy atom. The van der Waals surface area contributed by atoms with E-state index >= 15 is 0 Å². The van der Waals surface area contributed by atoms with Crippen molar-refractivity contribution in [1.82, 2.24) is 0 Å². The largest absolute Gasteiger partial charge is 0.390 e. The molecule has 1 aliphatic heterocycles. The van der Waals surface area contributed by atoms with Crippen molar-refractivity contribution in [3.8, 4) is 0 Å². The molecule has 1 heterocycles. The molecule has 26 heavy (non-hydrogen) atoms. The number of nitrogens with one attached hydrogen (secondary N) is 1. The van der Waals surface area contributed by atoms with Gasteiger partial charge in [0.2, 0.25) is 5.91 Å². The Bertz CT molecular complexity index is 696. The summed E-state index contributed by atoms with van der Waals surface area (Å²) in [5, 5.41) is 14.1. The minimum Gasteiger partial charge on any atom is -0.390 e. The van der Waals surface area contributed by atoms with Crippen LogP contribution in [0.3, 0.4) is 0 Å². The summed E-state index contributed by atoms with van der Waals surface area (Å²) in [7, 11) is 0. The number of amides is 1. The van der Waals surface area contributed by atoms with Gasteiger partial charge in [0.25, 0.3) is 0 Å². The topological polar surface area (TPSA) is 52.6 Å². The fourth-order valence-electron chi connectivity index (χ4n) is 6.96. The van der Waals surface area contributed by atoms with Crippen LogP contribution in [0.25, 0.3) is 0 Å². The van der Waals surface area contributed by atoms with E-state index < -0.39 is 5.60 Å². The van der Waals surface area contributed by atoms with E-state index in [1.54, 1.807) is 0 Å². The fourth-order valence-corrected chi connectivity index (χ4v) is 6.96. The highest BCUT2D eigenvalue weighted by Crippen LogP contribution is 2.62. The van der Waals surface area contributed by atoms with Gasteiger partial charge in [-0.15, -0.1) is 0 Å². The molecule has 4 nitrogen and oxygen atoms in total. The third-order valence-corrected chi connectivity index (χ3v) is 7.31. The van der Waals surface area contributed by atoms with Gasteiger partial charge in [-0.3, -0.25) is 4.79 Å². The first-order valence-electron chi connectivity index (χ1n) is 10.4. The lowest BCUT2D eigenvalue weighted by molar-refractivity contribution is -0.167. The number of nitrogens with zero attached hydrogens (tertiary/aromatic N) is 1. The highest BCUT2D eigenvalue weighted by atomic mass is 16.3. The predicted octanol–water partition coefficient (Wildman–Crippen LogP) is 3.95. The Kier molecular flexibility index (Phi) is 3.82. The molecular weight excluding hydrogens is 324 g/mol. The molecule has 1 saturated heterocycles. The maximum absolute atomic E-state index is 13.0. The molecule has 0 spiro atoms. The van der Waals surface area contributed by atoms with E-state index in [0.29, 0.717) is 18.3 Å². The van der Waals surface area contributed by atoms with Crippen LogP contribution in [-0.4, -0.2) is 29.7 Å². The maximum atomic E-state index is 13.0. The van der Waals surface area contributed by atoms with Crippen molar-refractivity contribution in [3.63, 3.8) is 0 Å². The summed E-state index contributed by atoms with van der Waals surface area (Å²) in [6.07, 6.45) is 9.31. The zero-order valence-electron chi connectivity index (χ0n) is 15.5. The second-order valence-corrected chi connectivity index (χ2v) is 9.62. The Morgan fingerprint density at radius 1 is 1.12 bits per heavy atom. The summed E-state index contributed by atoms with van der Waals surface area (Å²) in [5.41, 5.74) is 1.65. The van der Waals surface area contributed by atoms with E-state index in [4.69, 9.17) is 0 Å². The molecule has 4 saturated carbocycles. The van der Waals surface area contributed by atoms with Gasteiger partial charge in [-0.1, -0.05) is 12.1 Å². The minimum atomic E-state index is -0.488. The van der Waals surface area contributed by atoms with Gasteiger partial charge in [0.1, 0.15) is 0 Å². The van der Waals surface area contributed by atoms with Crippen molar-refractivity contribution in [2.75, 3.05) is 23.3 Å². The molecule has 2 atom stereocenters. The zero-order valence-corrected chi connectivity index (χ0v) is 15.5. The Balaban J connectivity index is 1.31. The lowest BCUT2D eigenvalue weighted by atomic mass is 9.47. The van der Waals surface area contributed by atoms with Crippen molar-refractivity contribution in [2.24, 2.45) is 17.3 Å². The van der Waals surface area contributed by atoms with E-state index in [9.17, 15) is 9.90 Å². The second-order valence-electron chi connectivity index (χ2n) is 9.62. The van der Waals surface area contributed by atoms with Crippen LogP contribution < -0.4 is 10.2 Å². The number of para-hydroxylation sites is 2. The van der Waals surface area contributed by atoms with Crippen molar-refractivity contribution in [2.45, 2.75) is 63.4 Å². The van der Waals surface area contributed by atoms with E-state index in [1.165, 1.54) is 19.3 Å². The van der Waals surface area contributed by atoms with Crippen molar-refractivity contribution >= 4 is 17.3 Å². The lowest BCUT2D eigenvalue weighted by Crippen LogP contribution is -2.56. The molecule has 5 fully saturated rings. The van der Waals surface area contributed by atoms with Crippen LogP contribution in [0.5, 0.6) is 0 Å². The van der Waals surface area contributed by atoms with E-state index in [1.807, 2.05) is 12.1 Å². The first kappa shape index (κ1) is 16.6. The Morgan fingerprint density at radius 3 is 2.50 bits per heavy atom.